The largest absolute Gasteiger partial charge is 0.495 e. The molecular formula is C16H22N2O5S. The third kappa shape index (κ3) is 3.93. The molecule has 1 heterocycles. The zero-order valence-corrected chi connectivity index (χ0v) is 14.7. The van der Waals surface area contributed by atoms with Crippen molar-refractivity contribution in [2.45, 2.75) is 43.9 Å². The van der Waals surface area contributed by atoms with E-state index in [2.05, 4.69) is 4.72 Å². The van der Waals surface area contributed by atoms with Crippen molar-refractivity contribution < 1.29 is 22.7 Å². The number of rotatable bonds is 8. The molecule has 132 valence electrons. The standard InChI is InChI=1S/C16H22N2O5S/c1-3-4-5-10-17-24(21,22)12-6-7-14(23-2)13(11-12)18-15(19)8-9-16(18)20/h6-7,11,17H,3-5,8-10H2,1-2H3. The highest BCUT2D eigenvalue weighted by Gasteiger charge is 2.33. The number of imide groups is 1. The van der Waals surface area contributed by atoms with Crippen LogP contribution in [0.15, 0.2) is 23.1 Å². The minimum atomic E-state index is -3.71. The predicted molar refractivity (Wildman–Crippen MR) is 89.4 cm³/mol. The van der Waals surface area contributed by atoms with Gasteiger partial charge < -0.3 is 4.74 Å². The van der Waals surface area contributed by atoms with Gasteiger partial charge in [-0.3, -0.25) is 9.59 Å². The summed E-state index contributed by atoms with van der Waals surface area (Å²) >= 11 is 0. The van der Waals surface area contributed by atoms with Crippen LogP contribution >= 0.6 is 0 Å². The molecule has 2 rings (SSSR count). The fourth-order valence-corrected chi connectivity index (χ4v) is 3.62. The first-order valence-corrected chi connectivity index (χ1v) is 9.42. The summed E-state index contributed by atoms with van der Waals surface area (Å²) in [4.78, 5) is 24.9. The lowest BCUT2D eigenvalue weighted by Gasteiger charge is -2.18. The van der Waals surface area contributed by atoms with Crippen molar-refractivity contribution in [1.82, 2.24) is 4.72 Å². The molecule has 1 fully saturated rings. The van der Waals surface area contributed by atoms with Gasteiger partial charge in [0.05, 0.1) is 17.7 Å². The topological polar surface area (TPSA) is 92.8 Å². The van der Waals surface area contributed by atoms with Crippen molar-refractivity contribution >= 4 is 27.5 Å². The summed E-state index contributed by atoms with van der Waals surface area (Å²) in [5.74, 6) is -0.434. The Morgan fingerprint density at radius 2 is 1.83 bits per heavy atom. The lowest BCUT2D eigenvalue weighted by atomic mass is 10.2. The van der Waals surface area contributed by atoms with Gasteiger partial charge in [0, 0.05) is 19.4 Å². The molecular weight excluding hydrogens is 332 g/mol. The first kappa shape index (κ1) is 18.4. The number of amides is 2. The fourth-order valence-electron chi connectivity index (χ4n) is 2.52. The predicted octanol–water partition coefficient (Wildman–Crippen LogP) is 1.82. The molecule has 0 spiro atoms. The van der Waals surface area contributed by atoms with E-state index in [4.69, 9.17) is 4.74 Å². The molecule has 0 bridgehead atoms. The Bertz CT molecular complexity index is 714. The molecule has 7 nitrogen and oxygen atoms in total. The quantitative estimate of drug-likeness (QED) is 0.568. The molecule has 1 aliphatic rings. The van der Waals surface area contributed by atoms with Crippen LogP contribution < -0.4 is 14.4 Å². The second-order valence-corrected chi connectivity index (χ2v) is 7.33. The first-order chi connectivity index (χ1) is 11.4. The lowest BCUT2D eigenvalue weighted by molar-refractivity contribution is -0.121. The monoisotopic (exact) mass is 354 g/mol. The molecule has 1 aromatic carbocycles. The first-order valence-electron chi connectivity index (χ1n) is 7.94. The van der Waals surface area contributed by atoms with Crippen LogP contribution in [0.25, 0.3) is 0 Å². The van der Waals surface area contributed by atoms with E-state index in [1.165, 1.54) is 25.3 Å². The Morgan fingerprint density at radius 3 is 2.42 bits per heavy atom. The number of unbranched alkanes of at least 4 members (excludes halogenated alkanes) is 2. The average molecular weight is 354 g/mol. The third-order valence-electron chi connectivity index (χ3n) is 3.83. The van der Waals surface area contributed by atoms with Gasteiger partial charge in [-0.1, -0.05) is 19.8 Å². The minimum Gasteiger partial charge on any atom is -0.495 e. The number of hydrogen-bond acceptors (Lipinski definition) is 5. The summed E-state index contributed by atoms with van der Waals surface area (Å²) in [6.07, 6.45) is 2.92. The summed E-state index contributed by atoms with van der Waals surface area (Å²) in [6, 6.07) is 4.16. The third-order valence-corrected chi connectivity index (χ3v) is 5.28. The van der Waals surface area contributed by atoms with Crippen molar-refractivity contribution in [3.05, 3.63) is 18.2 Å². The van der Waals surface area contributed by atoms with E-state index in [0.29, 0.717) is 6.54 Å². The van der Waals surface area contributed by atoms with Crippen LogP contribution in [0.5, 0.6) is 5.75 Å². The van der Waals surface area contributed by atoms with E-state index in [-0.39, 0.29) is 41.0 Å². The summed E-state index contributed by atoms with van der Waals surface area (Å²) < 4.78 is 32.5. The maximum Gasteiger partial charge on any atom is 0.240 e. The van der Waals surface area contributed by atoms with Gasteiger partial charge in [0.2, 0.25) is 21.8 Å². The van der Waals surface area contributed by atoms with E-state index >= 15 is 0 Å². The van der Waals surface area contributed by atoms with Crippen molar-refractivity contribution in [2.24, 2.45) is 0 Å². The van der Waals surface area contributed by atoms with Gasteiger partial charge in [0.1, 0.15) is 5.75 Å². The molecule has 0 atom stereocenters. The molecule has 0 aliphatic carbocycles. The maximum absolute atomic E-state index is 12.4. The summed E-state index contributed by atoms with van der Waals surface area (Å²) in [6.45, 7) is 2.38. The molecule has 1 aromatic rings. The number of nitrogens with zero attached hydrogens (tertiary/aromatic N) is 1. The maximum atomic E-state index is 12.4. The molecule has 1 saturated heterocycles. The highest BCUT2D eigenvalue weighted by Crippen LogP contribution is 2.34. The Labute approximate surface area is 142 Å². The van der Waals surface area contributed by atoms with Gasteiger partial charge in [-0.25, -0.2) is 18.0 Å². The normalized spacial score (nSPS) is 15.2. The SMILES string of the molecule is CCCCCNS(=O)(=O)c1ccc(OC)c(N2C(=O)CCC2=O)c1. The number of nitrogens with one attached hydrogen (secondary N) is 1. The van der Waals surface area contributed by atoms with Gasteiger partial charge in [-0.15, -0.1) is 0 Å². The molecule has 8 heteroatoms. The van der Waals surface area contributed by atoms with Gasteiger partial charge in [0.15, 0.2) is 0 Å². The van der Waals surface area contributed by atoms with E-state index in [1.54, 1.807) is 0 Å². The van der Waals surface area contributed by atoms with Crippen LogP contribution in [0, 0.1) is 0 Å². The van der Waals surface area contributed by atoms with E-state index in [0.717, 1.165) is 24.2 Å². The van der Waals surface area contributed by atoms with Crippen molar-refractivity contribution in [2.75, 3.05) is 18.6 Å². The zero-order valence-electron chi connectivity index (χ0n) is 13.9. The lowest BCUT2D eigenvalue weighted by Crippen LogP contribution is -2.30. The number of anilines is 1. The number of ether oxygens (including phenoxy) is 1. The van der Waals surface area contributed by atoms with Crippen molar-refractivity contribution in [3.8, 4) is 5.75 Å². The van der Waals surface area contributed by atoms with Gasteiger partial charge in [-0.05, 0) is 24.6 Å². The number of methoxy groups -OCH3 is 1. The van der Waals surface area contributed by atoms with Crippen LogP contribution in [0.2, 0.25) is 0 Å². The second kappa shape index (κ2) is 7.76. The van der Waals surface area contributed by atoms with Crippen LogP contribution in [0.4, 0.5) is 5.69 Å². The second-order valence-electron chi connectivity index (χ2n) is 5.56. The number of carbonyl (C=O) groups is 2. The van der Waals surface area contributed by atoms with Crippen molar-refractivity contribution in [3.63, 3.8) is 0 Å². The Kier molecular flexibility index (Phi) is 5.95. The summed E-state index contributed by atoms with van der Waals surface area (Å²) in [5.41, 5.74) is 0.168. The Hall–Kier alpha value is -1.93. The zero-order chi connectivity index (χ0) is 17.7. The molecule has 0 unspecified atom stereocenters. The van der Waals surface area contributed by atoms with E-state index in [1.807, 2.05) is 6.92 Å². The molecule has 1 N–H and O–H groups in total. The molecule has 1 aliphatic heterocycles. The highest BCUT2D eigenvalue weighted by molar-refractivity contribution is 7.89. The molecule has 24 heavy (non-hydrogen) atoms. The molecule has 0 saturated carbocycles. The summed E-state index contributed by atoms with van der Waals surface area (Å²) in [5, 5.41) is 0. The van der Waals surface area contributed by atoms with Gasteiger partial charge in [0.25, 0.3) is 0 Å². The molecule has 0 aromatic heterocycles. The average Bonchev–Trinajstić information content (AvgIpc) is 2.89. The minimum absolute atomic E-state index is 0.00213. The highest BCUT2D eigenvalue weighted by atomic mass is 32.2. The molecule has 0 radical (unpaired) electrons. The number of hydrogen-bond donors (Lipinski definition) is 1. The summed E-state index contributed by atoms with van der Waals surface area (Å²) in [7, 11) is -2.30. The Balaban J connectivity index is 2.31. The van der Waals surface area contributed by atoms with E-state index < -0.39 is 10.0 Å². The number of carbonyl (C=O) groups excluding carboxylic acids is 2. The van der Waals surface area contributed by atoms with Crippen LogP contribution in [-0.4, -0.2) is 33.9 Å². The smallest absolute Gasteiger partial charge is 0.240 e. The van der Waals surface area contributed by atoms with E-state index in [9.17, 15) is 18.0 Å². The Morgan fingerprint density at radius 1 is 1.17 bits per heavy atom. The molecule has 2 amide bonds. The van der Waals surface area contributed by atoms with Crippen LogP contribution in [0.3, 0.4) is 0 Å². The number of benzene rings is 1. The number of sulfonamides is 1. The van der Waals surface area contributed by atoms with Gasteiger partial charge in [-0.2, -0.15) is 0 Å². The van der Waals surface area contributed by atoms with Crippen molar-refractivity contribution in [1.29, 1.82) is 0 Å². The van der Waals surface area contributed by atoms with Gasteiger partial charge >= 0.3 is 0 Å². The van der Waals surface area contributed by atoms with Crippen LogP contribution in [0.1, 0.15) is 39.0 Å². The van der Waals surface area contributed by atoms with Crippen LogP contribution in [-0.2, 0) is 19.6 Å². The fraction of sp³-hybridized carbons (Fsp3) is 0.500.